The zero-order chi connectivity index (χ0) is 15.4. The maximum Gasteiger partial charge on any atom is 0.307 e. The van der Waals surface area contributed by atoms with Gasteiger partial charge in [-0.15, -0.1) is 0 Å². The Labute approximate surface area is 123 Å². The molecule has 0 heterocycles. The molecule has 5 heteroatoms. The van der Waals surface area contributed by atoms with Gasteiger partial charge in [0.2, 0.25) is 5.91 Å². The van der Waals surface area contributed by atoms with E-state index in [0.29, 0.717) is 30.0 Å². The summed E-state index contributed by atoms with van der Waals surface area (Å²) in [6, 6.07) is 8.55. The maximum absolute atomic E-state index is 12.3. The Morgan fingerprint density at radius 1 is 1.29 bits per heavy atom. The number of nitrogens with one attached hydrogen (secondary N) is 1. The fourth-order valence-electron chi connectivity index (χ4n) is 2.90. The highest BCUT2D eigenvalue weighted by atomic mass is 16.4. The summed E-state index contributed by atoms with van der Waals surface area (Å²) >= 11 is 0. The minimum Gasteiger partial charge on any atom is -0.481 e. The molecular formula is C16H18N2O3. The van der Waals surface area contributed by atoms with Gasteiger partial charge in [0.15, 0.2) is 0 Å². The number of carboxylic acid groups (broad SMARTS) is 1. The van der Waals surface area contributed by atoms with E-state index in [1.54, 1.807) is 24.3 Å². The minimum absolute atomic E-state index is 0.247. The van der Waals surface area contributed by atoms with Crippen LogP contribution in [0.4, 0.5) is 5.69 Å². The first kappa shape index (κ1) is 15.0. The molecule has 0 aromatic heterocycles. The number of hydrogen-bond donors (Lipinski definition) is 2. The van der Waals surface area contributed by atoms with Crippen LogP contribution in [-0.2, 0) is 9.59 Å². The van der Waals surface area contributed by atoms with Crippen LogP contribution in [0.5, 0.6) is 0 Å². The summed E-state index contributed by atoms with van der Waals surface area (Å²) in [6.07, 6.45) is 2.08. The lowest BCUT2D eigenvalue weighted by molar-refractivity contribution is -0.145. The number of anilines is 1. The van der Waals surface area contributed by atoms with Gasteiger partial charge in [0, 0.05) is 5.69 Å². The largest absolute Gasteiger partial charge is 0.481 e. The molecule has 1 amide bonds. The van der Waals surface area contributed by atoms with Crippen molar-refractivity contribution in [3.05, 3.63) is 29.8 Å². The number of carbonyl (C=O) groups is 2. The first-order chi connectivity index (χ1) is 10.0. The highest BCUT2D eigenvalue weighted by Crippen LogP contribution is 2.39. The van der Waals surface area contributed by atoms with Crippen LogP contribution in [0.25, 0.3) is 0 Å². The highest BCUT2D eigenvalue weighted by molar-refractivity contribution is 5.95. The van der Waals surface area contributed by atoms with E-state index in [-0.39, 0.29) is 5.91 Å². The lowest BCUT2D eigenvalue weighted by atomic mass is 9.95. The van der Waals surface area contributed by atoms with Crippen LogP contribution in [0.3, 0.4) is 0 Å². The van der Waals surface area contributed by atoms with E-state index in [1.807, 2.05) is 13.0 Å². The van der Waals surface area contributed by atoms with E-state index >= 15 is 0 Å². The van der Waals surface area contributed by atoms with Crippen LogP contribution in [0.1, 0.15) is 31.7 Å². The van der Waals surface area contributed by atoms with Gasteiger partial charge in [-0.25, -0.2) is 0 Å². The summed E-state index contributed by atoms with van der Waals surface area (Å²) in [4.78, 5) is 23.6. The number of carbonyl (C=O) groups excluding carboxylic acids is 1. The Kier molecular flexibility index (Phi) is 4.59. The molecule has 1 unspecified atom stereocenters. The SMILES string of the molecule is CCC1C[C@H](C(=O)Nc2ccc(C#N)cc2)[C@H](C(=O)O)C1. The number of rotatable bonds is 4. The third-order valence-corrected chi connectivity index (χ3v) is 4.17. The first-order valence-electron chi connectivity index (χ1n) is 7.09. The van der Waals surface area contributed by atoms with E-state index in [0.717, 1.165) is 6.42 Å². The molecule has 0 radical (unpaired) electrons. The van der Waals surface area contributed by atoms with Gasteiger partial charge in [0.25, 0.3) is 0 Å². The normalized spacial score (nSPS) is 24.3. The Hall–Kier alpha value is -2.35. The fraction of sp³-hybridized carbons (Fsp3) is 0.438. The van der Waals surface area contributed by atoms with E-state index in [4.69, 9.17) is 5.26 Å². The maximum atomic E-state index is 12.3. The number of hydrogen-bond acceptors (Lipinski definition) is 3. The van der Waals surface area contributed by atoms with Gasteiger partial charge < -0.3 is 10.4 Å². The van der Waals surface area contributed by atoms with Gasteiger partial charge in [0.05, 0.1) is 23.5 Å². The molecule has 0 spiro atoms. The molecule has 0 saturated heterocycles. The van der Waals surface area contributed by atoms with Gasteiger partial charge in [-0.1, -0.05) is 13.3 Å². The number of carboxylic acids is 1. The van der Waals surface area contributed by atoms with Crippen LogP contribution in [0, 0.1) is 29.1 Å². The molecule has 3 atom stereocenters. The second-order valence-electron chi connectivity index (χ2n) is 5.48. The van der Waals surface area contributed by atoms with E-state index < -0.39 is 17.8 Å². The fourth-order valence-corrected chi connectivity index (χ4v) is 2.90. The quantitative estimate of drug-likeness (QED) is 0.890. The summed E-state index contributed by atoms with van der Waals surface area (Å²) < 4.78 is 0. The molecule has 1 saturated carbocycles. The van der Waals surface area contributed by atoms with Crippen molar-refractivity contribution in [2.24, 2.45) is 17.8 Å². The predicted octanol–water partition coefficient (Wildman–Crippen LogP) is 2.63. The van der Waals surface area contributed by atoms with Gasteiger partial charge in [-0.3, -0.25) is 9.59 Å². The van der Waals surface area contributed by atoms with Crippen LogP contribution in [0.2, 0.25) is 0 Å². The van der Waals surface area contributed by atoms with Crippen molar-refractivity contribution in [2.75, 3.05) is 5.32 Å². The molecule has 1 aliphatic carbocycles. The zero-order valence-corrected chi connectivity index (χ0v) is 11.9. The molecule has 110 valence electrons. The Morgan fingerprint density at radius 2 is 1.90 bits per heavy atom. The van der Waals surface area contributed by atoms with E-state index in [1.165, 1.54) is 0 Å². The molecule has 1 aromatic carbocycles. The minimum atomic E-state index is -0.897. The summed E-state index contributed by atoms with van der Waals surface area (Å²) in [5.41, 5.74) is 1.10. The van der Waals surface area contributed by atoms with E-state index in [9.17, 15) is 14.7 Å². The number of nitrogens with zero attached hydrogens (tertiary/aromatic N) is 1. The van der Waals surface area contributed by atoms with Crippen molar-refractivity contribution in [2.45, 2.75) is 26.2 Å². The Bertz CT molecular complexity index is 574. The standard InChI is InChI=1S/C16H18N2O3/c1-2-10-7-13(14(8-10)16(20)21)15(19)18-12-5-3-11(9-17)4-6-12/h3-6,10,13-14H,2,7-8H2,1H3,(H,18,19)(H,20,21)/t10?,13-,14+/m0/s1. The predicted molar refractivity (Wildman–Crippen MR) is 77.4 cm³/mol. The van der Waals surface area contributed by atoms with Gasteiger partial charge >= 0.3 is 5.97 Å². The summed E-state index contributed by atoms with van der Waals surface area (Å²) in [5.74, 6) is -1.94. The van der Waals surface area contributed by atoms with Crippen LogP contribution < -0.4 is 5.32 Å². The van der Waals surface area contributed by atoms with Crippen molar-refractivity contribution < 1.29 is 14.7 Å². The lowest BCUT2D eigenvalue weighted by Crippen LogP contribution is -2.29. The van der Waals surface area contributed by atoms with Gasteiger partial charge in [-0.2, -0.15) is 5.26 Å². The van der Waals surface area contributed by atoms with Crippen molar-refractivity contribution in [3.8, 4) is 6.07 Å². The molecular weight excluding hydrogens is 268 g/mol. The molecule has 1 aliphatic rings. The molecule has 21 heavy (non-hydrogen) atoms. The molecule has 0 bridgehead atoms. The molecule has 5 nitrogen and oxygen atoms in total. The lowest BCUT2D eigenvalue weighted by Gasteiger charge is -2.15. The highest BCUT2D eigenvalue weighted by Gasteiger charge is 2.42. The summed E-state index contributed by atoms with van der Waals surface area (Å²) in [7, 11) is 0. The number of benzene rings is 1. The topological polar surface area (TPSA) is 90.2 Å². The first-order valence-corrected chi connectivity index (χ1v) is 7.09. The average molecular weight is 286 g/mol. The van der Waals surface area contributed by atoms with Crippen molar-refractivity contribution in [1.29, 1.82) is 5.26 Å². The second-order valence-corrected chi connectivity index (χ2v) is 5.48. The van der Waals surface area contributed by atoms with Crippen molar-refractivity contribution in [3.63, 3.8) is 0 Å². The number of amides is 1. The zero-order valence-electron chi connectivity index (χ0n) is 11.9. The smallest absolute Gasteiger partial charge is 0.307 e. The third-order valence-electron chi connectivity index (χ3n) is 4.17. The molecule has 1 fully saturated rings. The summed E-state index contributed by atoms with van der Waals surface area (Å²) in [6.45, 7) is 2.02. The monoisotopic (exact) mass is 286 g/mol. The van der Waals surface area contributed by atoms with Crippen molar-refractivity contribution in [1.82, 2.24) is 0 Å². The molecule has 1 aromatic rings. The van der Waals surface area contributed by atoms with Gasteiger partial charge in [-0.05, 0) is 43.0 Å². The number of nitriles is 1. The summed E-state index contributed by atoms with van der Waals surface area (Å²) in [5, 5.41) is 20.7. The van der Waals surface area contributed by atoms with Gasteiger partial charge in [0.1, 0.15) is 0 Å². The Morgan fingerprint density at radius 3 is 2.43 bits per heavy atom. The molecule has 2 N–H and O–H groups in total. The molecule has 0 aliphatic heterocycles. The van der Waals surface area contributed by atoms with Crippen LogP contribution in [-0.4, -0.2) is 17.0 Å². The second kappa shape index (κ2) is 6.40. The molecule has 2 rings (SSSR count). The third kappa shape index (κ3) is 3.40. The number of aliphatic carboxylic acids is 1. The van der Waals surface area contributed by atoms with Crippen molar-refractivity contribution >= 4 is 17.6 Å². The van der Waals surface area contributed by atoms with E-state index in [2.05, 4.69) is 5.32 Å². The average Bonchev–Trinajstić information content (AvgIpc) is 2.92. The Balaban J connectivity index is 2.07. The van der Waals surface area contributed by atoms with Crippen LogP contribution in [0.15, 0.2) is 24.3 Å². The van der Waals surface area contributed by atoms with Crippen LogP contribution >= 0.6 is 0 Å².